The smallest absolute Gasteiger partial charge is 0.234 e. The number of hydrogen-bond acceptors (Lipinski definition) is 5. The Morgan fingerprint density at radius 1 is 1.24 bits per heavy atom. The Kier molecular flexibility index (Phi) is 6.35. The van der Waals surface area contributed by atoms with Crippen LogP contribution in [0.2, 0.25) is 0 Å². The topological polar surface area (TPSA) is 74.5 Å². The summed E-state index contributed by atoms with van der Waals surface area (Å²) in [6.45, 7) is 1.73. The van der Waals surface area contributed by atoms with Gasteiger partial charge in [0.25, 0.3) is 0 Å². The number of aliphatic imine (C=N–C) groups is 1. The third-order valence-corrected chi connectivity index (χ3v) is 5.50. The molecule has 0 spiro atoms. The van der Waals surface area contributed by atoms with Crippen LogP contribution in [0.3, 0.4) is 0 Å². The lowest BCUT2D eigenvalue weighted by atomic mass is 9.76. The summed E-state index contributed by atoms with van der Waals surface area (Å²) in [5, 5.41) is 13.2. The quantitative estimate of drug-likeness (QED) is 0.774. The summed E-state index contributed by atoms with van der Waals surface area (Å²) >= 11 is 1.31. The molecule has 0 saturated heterocycles. The van der Waals surface area contributed by atoms with Gasteiger partial charge in [0, 0.05) is 11.6 Å². The highest BCUT2D eigenvalue weighted by molar-refractivity contribution is 8.02. The number of nitrogens with one attached hydrogen (secondary N) is 1. The molecular formula is C22H20FN3O2S. The Morgan fingerprint density at radius 2 is 1.93 bits per heavy atom. The fraction of sp³-hybridized carbons (Fsp3) is 0.227. The predicted octanol–water partition coefficient (Wildman–Crippen LogP) is 4.75. The molecule has 1 unspecified atom stereocenters. The molecule has 0 radical (unpaired) electrons. The number of methoxy groups -OCH3 is 1. The molecule has 3 rings (SSSR count). The lowest BCUT2D eigenvalue weighted by Gasteiger charge is -2.31. The first-order valence-corrected chi connectivity index (χ1v) is 10.2. The first-order valence-electron chi connectivity index (χ1n) is 8.93. The standard InChI is InChI=1S/C22H20FN3O2S/c1-13-19(21(27)26-17-10-6-7-11-18(17)28-2)20(14-8-4-5-9-16(14)23)15(12-24)22(25-13)29-3/h4-11,19-20H,1-3H3,(H,26,27)/t19?,20-/m1/s1. The Hall–Kier alpha value is -3.11. The van der Waals surface area contributed by atoms with E-state index in [0.717, 1.165) is 0 Å². The van der Waals surface area contributed by atoms with Crippen molar-refractivity contribution in [2.24, 2.45) is 10.9 Å². The van der Waals surface area contributed by atoms with Gasteiger partial charge in [-0.3, -0.25) is 4.79 Å². The Morgan fingerprint density at radius 3 is 2.59 bits per heavy atom. The maximum absolute atomic E-state index is 14.7. The zero-order chi connectivity index (χ0) is 21.0. The summed E-state index contributed by atoms with van der Waals surface area (Å²) in [6.07, 6.45) is 1.80. The van der Waals surface area contributed by atoms with Crippen molar-refractivity contribution < 1.29 is 13.9 Å². The van der Waals surface area contributed by atoms with Gasteiger partial charge >= 0.3 is 0 Å². The number of thioether (sulfide) groups is 1. The molecule has 0 aliphatic carbocycles. The van der Waals surface area contributed by atoms with Crippen molar-refractivity contribution in [3.05, 3.63) is 70.5 Å². The third-order valence-electron chi connectivity index (χ3n) is 4.80. The number of carbonyl (C=O) groups excluding carboxylic acids is 1. The lowest BCUT2D eigenvalue weighted by molar-refractivity contribution is -0.118. The van der Waals surface area contributed by atoms with Crippen LogP contribution in [0.4, 0.5) is 10.1 Å². The van der Waals surface area contributed by atoms with Crippen molar-refractivity contribution in [3.8, 4) is 11.8 Å². The van der Waals surface area contributed by atoms with Crippen LogP contribution >= 0.6 is 11.8 Å². The van der Waals surface area contributed by atoms with Crippen molar-refractivity contribution in [2.45, 2.75) is 12.8 Å². The summed E-state index contributed by atoms with van der Waals surface area (Å²) in [6, 6.07) is 15.4. The van der Waals surface area contributed by atoms with Crippen molar-refractivity contribution >= 4 is 29.1 Å². The Bertz CT molecular complexity index is 1040. The Balaban J connectivity index is 2.09. The average molecular weight is 409 g/mol. The van der Waals surface area contributed by atoms with Gasteiger partial charge in [0.2, 0.25) is 5.91 Å². The number of benzene rings is 2. The number of nitrogens with zero attached hydrogens (tertiary/aromatic N) is 2. The minimum atomic E-state index is -0.831. The van der Waals surface area contributed by atoms with Gasteiger partial charge in [0.05, 0.1) is 30.4 Å². The molecule has 0 aromatic heterocycles. The molecule has 0 bridgehead atoms. The molecule has 0 fully saturated rings. The molecule has 1 amide bonds. The second-order valence-corrected chi connectivity index (χ2v) is 7.25. The van der Waals surface area contributed by atoms with Crippen LogP contribution in [0.25, 0.3) is 0 Å². The second kappa shape index (κ2) is 8.93. The maximum atomic E-state index is 14.7. The van der Waals surface area contributed by atoms with Crippen LogP contribution in [-0.2, 0) is 4.79 Å². The number of nitriles is 1. The monoisotopic (exact) mass is 409 g/mol. The molecule has 2 atom stereocenters. The van der Waals surface area contributed by atoms with Gasteiger partial charge in [0.15, 0.2) is 0 Å². The van der Waals surface area contributed by atoms with Gasteiger partial charge in [-0.15, -0.1) is 11.8 Å². The van der Waals surface area contributed by atoms with Crippen LogP contribution in [-0.4, -0.2) is 25.0 Å². The number of ether oxygens (including phenoxy) is 1. The van der Waals surface area contributed by atoms with E-state index in [-0.39, 0.29) is 11.5 Å². The number of anilines is 1. The number of para-hydroxylation sites is 2. The first-order chi connectivity index (χ1) is 14.0. The van der Waals surface area contributed by atoms with Gasteiger partial charge in [-0.05, 0) is 36.9 Å². The van der Waals surface area contributed by atoms with Crippen molar-refractivity contribution in [3.63, 3.8) is 0 Å². The van der Waals surface area contributed by atoms with E-state index in [9.17, 15) is 14.4 Å². The number of hydrogen-bond donors (Lipinski definition) is 1. The second-order valence-electron chi connectivity index (χ2n) is 6.45. The van der Waals surface area contributed by atoms with E-state index < -0.39 is 17.7 Å². The molecule has 2 aromatic rings. The summed E-state index contributed by atoms with van der Waals surface area (Å²) in [5.41, 5.74) is 1.60. The zero-order valence-corrected chi connectivity index (χ0v) is 17.1. The van der Waals surface area contributed by atoms with E-state index in [4.69, 9.17) is 4.74 Å². The number of amides is 1. The van der Waals surface area contributed by atoms with Gasteiger partial charge in [0.1, 0.15) is 16.6 Å². The molecule has 1 aliphatic heterocycles. The summed E-state index contributed by atoms with van der Waals surface area (Å²) in [5.74, 6) is -1.93. The minimum Gasteiger partial charge on any atom is -0.495 e. The SMILES string of the molecule is COc1ccccc1NC(=O)C1C(C)=NC(SC)=C(C#N)[C@H]1c1ccccc1F. The highest BCUT2D eigenvalue weighted by atomic mass is 32.2. The van der Waals surface area contributed by atoms with Gasteiger partial charge < -0.3 is 10.1 Å². The number of allylic oxidation sites excluding steroid dienone is 1. The molecule has 1 heterocycles. The minimum absolute atomic E-state index is 0.286. The molecule has 0 saturated carbocycles. The molecule has 5 nitrogen and oxygen atoms in total. The summed E-state index contributed by atoms with van der Waals surface area (Å²) in [4.78, 5) is 17.8. The van der Waals surface area contributed by atoms with Gasteiger partial charge in [-0.25, -0.2) is 9.38 Å². The largest absolute Gasteiger partial charge is 0.495 e. The normalized spacial score (nSPS) is 18.7. The fourth-order valence-corrected chi connectivity index (χ4v) is 4.09. The average Bonchev–Trinajstić information content (AvgIpc) is 2.73. The molecule has 7 heteroatoms. The van der Waals surface area contributed by atoms with Crippen molar-refractivity contribution in [2.75, 3.05) is 18.7 Å². The highest BCUT2D eigenvalue weighted by Gasteiger charge is 2.40. The molecule has 1 N–H and O–H groups in total. The molecule has 148 valence electrons. The van der Waals surface area contributed by atoms with Crippen LogP contribution in [0.1, 0.15) is 18.4 Å². The van der Waals surface area contributed by atoms with E-state index in [1.165, 1.54) is 24.9 Å². The molecule has 1 aliphatic rings. The summed E-state index contributed by atoms with van der Waals surface area (Å²) in [7, 11) is 1.52. The van der Waals surface area contributed by atoms with Crippen molar-refractivity contribution in [1.82, 2.24) is 0 Å². The number of halogens is 1. The van der Waals surface area contributed by atoms with E-state index in [0.29, 0.717) is 27.7 Å². The lowest BCUT2D eigenvalue weighted by Crippen LogP contribution is -2.36. The fourth-order valence-electron chi connectivity index (χ4n) is 3.47. The number of carbonyl (C=O) groups is 1. The van der Waals surface area contributed by atoms with Crippen LogP contribution in [0.5, 0.6) is 5.75 Å². The van der Waals surface area contributed by atoms with E-state index in [1.807, 2.05) is 0 Å². The van der Waals surface area contributed by atoms with Crippen LogP contribution in [0.15, 0.2) is 64.1 Å². The molecular weight excluding hydrogens is 389 g/mol. The van der Waals surface area contributed by atoms with Crippen LogP contribution < -0.4 is 10.1 Å². The van der Waals surface area contributed by atoms with Gasteiger partial charge in [-0.1, -0.05) is 30.3 Å². The summed E-state index contributed by atoms with van der Waals surface area (Å²) < 4.78 is 20.0. The van der Waals surface area contributed by atoms with Crippen LogP contribution in [0, 0.1) is 23.1 Å². The molecule has 2 aromatic carbocycles. The van der Waals surface area contributed by atoms with E-state index in [2.05, 4.69) is 16.4 Å². The maximum Gasteiger partial charge on any atom is 0.234 e. The third kappa shape index (κ3) is 4.03. The number of rotatable bonds is 5. The first kappa shape index (κ1) is 20.6. The van der Waals surface area contributed by atoms with Crippen molar-refractivity contribution in [1.29, 1.82) is 5.26 Å². The Labute approximate surface area is 173 Å². The molecule has 29 heavy (non-hydrogen) atoms. The zero-order valence-electron chi connectivity index (χ0n) is 16.3. The van der Waals surface area contributed by atoms with E-state index >= 15 is 0 Å². The van der Waals surface area contributed by atoms with E-state index in [1.54, 1.807) is 55.6 Å². The van der Waals surface area contributed by atoms with Gasteiger partial charge in [-0.2, -0.15) is 5.26 Å². The predicted molar refractivity (Wildman–Crippen MR) is 114 cm³/mol. The highest BCUT2D eigenvalue weighted by Crippen LogP contribution is 2.42.